The van der Waals surface area contributed by atoms with Crippen LogP contribution in [-0.4, -0.2) is 48.0 Å². The summed E-state index contributed by atoms with van der Waals surface area (Å²) in [6.45, 7) is 4.38. The summed E-state index contributed by atoms with van der Waals surface area (Å²) in [5.41, 5.74) is 2.17. The van der Waals surface area contributed by atoms with Crippen molar-refractivity contribution in [2.75, 3.05) is 26.2 Å². The zero-order valence-electron chi connectivity index (χ0n) is 12.7. The number of nitrogens with zero attached hydrogens (tertiary/aromatic N) is 2. The SMILES string of the molecule is O=C(NCc1ccc(CN2CCNC2=O)cc1)N1CCCC1. The number of amides is 4. The van der Waals surface area contributed by atoms with Gasteiger partial charge in [-0.15, -0.1) is 0 Å². The maximum absolute atomic E-state index is 11.9. The molecule has 0 bridgehead atoms. The van der Waals surface area contributed by atoms with Crippen LogP contribution < -0.4 is 10.6 Å². The van der Waals surface area contributed by atoms with Crippen molar-refractivity contribution in [1.29, 1.82) is 0 Å². The van der Waals surface area contributed by atoms with Crippen molar-refractivity contribution in [3.8, 4) is 0 Å². The van der Waals surface area contributed by atoms with Gasteiger partial charge in [0.2, 0.25) is 0 Å². The molecule has 6 heteroatoms. The Bertz CT molecular complexity index is 538. The van der Waals surface area contributed by atoms with Crippen LogP contribution in [0.1, 0.15) is 24.0 Å². The molecule has 118 valence electrons. The molecule has 4 amide bonds. The van der Waals surface area contributed by atoms with Crippen LogP contribution >= 0.6 is 0 Å². The van der Waals surface area contributed by atoms with Gasteiger partial charge in [0.05, 0.1) is 0 Å². The predicted octanol–water partition coefficient (Wildman–Crippen LogP) is 1.52. The molecule has 0 radical (unpaired) electrons. The lowest BCUT2D eigenvalue weighted by atomic mass is 10.1. The highest BCUT2D eigenvalue weighted by atomic mass is 16.2. The fourth-order valence-electron chi connectivity index (χ4n) is 2.85. The van der Waals surface area contributed by atoms with Crippen molar-refractivity contribution in [1.82, 2.24) is 20.4 Å². The predicted molar refractivity (Wildman–Crippen MR) is 83.3 cm³/mol. The van der Waals surface area contributed by atoms with E-state index in [-0.39, 0.29) is 12.1 Å². The molecule has 0 unspecified atom stereocenters. The molecule has 0 atom stereocenters. The van der Waals surface area contributed by atoms with Crippen LogP contribution in [0.5, 0.6) is 0 Å². The molecule has 1 aromatic carbocycles. The molecule has 22 heavy (non-hydrogen) atoms. The van der Waals surface area contributed by atoms with E-state index in [2.05, 4.69) is 10.6 Å². The molecule has 2 saturated heterocycles. The number of carbonyl (C=O) groups excluding carboxylic acids is 2. The first-order chi connectivity index (χ1) is 10.7. The van der Waals surface area contributed by atoms with Gasteiger partial charge >= 0.3 is 12.1 Å². The molecule has 0 aromatic heterocycles. The Labute approximate surface area is 130 Å². The second kappa shape index (κ2) is 6.68. The Kier molecular flexibility index (Phi) is 4.46. The zero-order valence-corrected chi connectivity index (χ0v) is 12.7. The van der Waals surface area contributed by atoms with Crippen molar-refractivity contribution >= 4 is 12.1 Å². The normalized spacial score (nSPS) is 17.7. The fraction of sp³-hybridized carbons (Fsp3) is 0.500. The van der Waals surface area contributed by atoms with Gasteiger partial charge in [-0.1, -0.05) is 24.3 Å². The van der Waals surface area contributed by atoms with Crippen molar-refractivity contribution < 1.29 is 9.59 Å². The molecule has 6 nitrogen and oxygen atoms in total. The maximum atomic E-state index is 11.9. The lowest BCUT2D eigenvalue weighted by Gasteiger charge is -2.16. The second-order valence-electron chi connectivity index (χ2n) is 5.82. The number of likely N-dealkylation sites (tertiary alicyclic amines) is 1. The fourth-order valence-corrected chi connectivity index (χ4v) is 2.85. The van der Waals surface area contributed by atoms with E-state index < -0.39 is 0 Å². The largest absolute Gasteiger partial charge is 0.336 e. The lowest BCUT2D eigenvalue weighted by molar-refractivity contribution is 0.208. The summed E-state index contributed by atoms with van der Waals surface area (Å²) in [6.07, 6.45) is 2.21. The molecule has 2 fully saturated rings. The van der Waals surface area contributed by atoms with Crippen molar-refractivity contribution in [2.24, 2.45) is 0 Å². The summed E-state index contributed by atoms with van der Waals surface area (Å²) in [5.74, 6) is 0. The summed E-state index contributed by atoms with van der Waals surface area (Å²) in [7, 11) is 0. The third kappa shape index (κ3) is 3.50. The Hall–Kier alpha value is -2.24. The van der Waals surface area contributed by atoms with Crippen LogP contribution in [0.3, 0.4) is 0 Å². The van der Waals surface area contributed by atoms with E-state index in [1.54, 1.807) is 4.90 Å². The van der Waals surface area contributed by atoms with Crippen molar-refractivity contribution in [2.45, 2.75) is 25.9 Å². The molecule has 2 aliphatic rings. The van der Waals surface area contributed by atoms with E-state index in [0.717, 1.165) is 50.1 Å². The number of hydrogen-bond donors (Lipinski definition) is 2. The standard InChI is InChI=1S/C16H22N4O2/c21-15-17-7-10-20(15)12-14-5-3-13(4-6-14)11-18-16(22)19-8-1-2-9-19/h3-6H,1-2,7-12H2,(H,17,21)(H,18,22). The Morgan fingerprint density at radius 2 is 1.77 bits per heavy atom. The average Bonchev–Trinajstić information content (AvgIpc) is 3.19. The van der Waals surface area contributed by atoms with Gasteiger partial charge in [-0.2, -0.15) is 0 Å². The monoisotopic (exact) mass is 302 g/mol. The first-order valence-electron chi connectivity index (χ1n) is 7.86. The number of benzene rings is 1. The molecule has 3 rings (SSSR count). The maximum Gasteiger partial charge on any atom is 0.317 e. The summed E-state index contributed by atoms with van der Waals surface area (Å²) < 4.78 is 0. The summed E-state index contributed by atoms with van der Waals surface area (Å²) in [5, 5.41) is 5.75. The van der Waals surface area contributed by atoms with Gasteiger partial charge in [-0.05, 0) is 24.0 Å². The molecule has 2 aliphatic heterocycles. The number of hydrogen-bond acceptors (Lipinski definition) is 2. The highest BCUT2D eigenvalue weighted by molar-refractivity contribution is 5.76. The number of rotatable bonds is 4. The Morgan fingerprint density at radius 1 is 1.09 bits per heavy atom. The average molecular weight is 302 g/mol. The first kappa shape index (κ1) is 14.7. The van der Waals surface area contributed by atoms with Gasteiger partial charge in [0.1, 0.15) is 0 Å². The van der Waals surface area contributed by atoms with E-state index in [4.69, 9.17) is 0 Å². The van der Waals surface area contributed by atoms with Crippen LogP contribution in [0.15, 0.2) is 24.3 Å². The molecule has 2 N–H and O–H groups in total. The number of urea groups is 2. The highest BCUT2D eigenvalue weighted by Crippen LogP contribution is 2.10. The van der Waals surface area contributed by atoms with Gasteiger partial charge in [0.25, 0.3) is 0 Å². The molecular formula is C16H22N4O2. The van der Waals surface area contributed by atoms with Gasteiger partial charge < -0.3 is 20.4 Å². The van der Waals surface area contributed by atoms with Crippen LogP contribution in [0.4, 0.5) is 9.59 Å². The third-order valence-corrected chi connectivity index (χ3v) is 4.18. The topological polar surface area (TPSA) is 64.7 Å². The summed E-state index contributed by atoms with van der Waals surface area (Å²) >= 11 is 0. The summed E-state index contributed by atoms with van der Waals surface area (Å²) in [6, 6.07) is 8.07. The minimum absolute atomic E-state index is 0.00181. The van der Waals surface area contributed by atoms with Crippen LogP contribution in [-0.2, 0) is 13.1 Å². The number of carbonyl (C=O) groups is 2. The quantitative estimate of drug-likeness (QED) is 0.885. The Balaban J connectivity index is 1.48. The lowest BCUT2D eigenvalue weighted by Crippen LogP contribution is -2.37. The van der Waals surface area contributed by atoms with E-state index in [9.17, 15) is 9.59 Å². The van der Waals surface area contributed by atoms with E-state index in [1.807, 2.05) is 29.2 Å². The van der Waals surface area contributed by atoms with Crippen LogP contribution in [0.25, 0.3) is 0 Å². The van der Waals surface area contributed by atoms with Crippen LogP contribution in [0, 0.1) is 0 Å². The zero-order chi connectivity index (χ0) is 15.4. The van der Waals surface area contributed by atoms with E-state index >= 15 is 0 Å². The van der Waals surface area contributed by atoms with Gasteiger partial charge in [-0.25, -0.2) is 9.59 Å². The minimum Gasteiger partial charge on any atom is -0.336 e. The smallest absolute Gasteiger partial charge is 0.317 e. The van der Waals surface area contributed by atoms with Crippen molar-refractivity contribution in [3.05, 3.63) is 35.4 Å². The van der Waals surface area contributed by atoms with Gasteiger partial charge in [0, 0.05) is 39.3 Å². The molecule has 0 spiro atoms. The van der Waals surface area contributed by atoms with E-state index in [1.165, 1.54) is 0 Å². The van der Waals surface area contributed by atoms with Crippen LogP contribution in [0.2, 0.25) is 0 Å². The minimum atomic E-state index is 0.00181. The molecule has 2 heterocycles. The van der Waals surface area contributed by atoms with Gasteiger partial charge in [-0.3, -0.25) is 0 Å². The van der Waals surface area contributed by atoms with Gasteiger partial charge in [0.15, 0.2) is 0 Å². The molecule has 0 saturated carbocycles. The first-order valence-corrected chi connectivity index (χ1v) is 7.86. The molecule has 0 aliphatic carbocycles. The summed E-state index contributed by atoms with van der Waals surface area (Å²) in [4.78, 5) is 27.1. The number of nitrogens with one attached hydrogen (secondary N) is 2. The molecular weight excluding hydrogens is 280 g/mol. The Morgan fingerprint density at radius 3 is 2.41 bits per heavy atom. The van der Waals surface area contributed by atoms with E-state index in [0.29, 0.717) is 13.1 Å². The second-order valence-corrected chi connectivity index (χ2v) is 5.82. The highest BCUT2D eigenvalue weighted by Gasteiger charge is 2.19. The molecule has 1 aromatic rings. The third-order valence-electron chi connectivity index (χ3n) is 4.18. The van der Waals surface area contributed by atoms with Crippen molar-refractivity contribution in [3.63, 3.8) is 0 Å².